The minimum atomic E-state index is -0.140. The standard InChI is InChI=1S/C14H20FNS/c15-12-5-3-8-14(11-12)17-10-4-9-16-13-6-1-2-7-13/h3,5,8,11,13,16H,1-2,4,6-7,9-10H2. The highest BCUT2D eigenvalue weighted by Gasteiger charge is 2.12. The van der Waals surface area contributed by atoms with Crippen molar-refractivity contribution in [1.82, 2.24) is 5.32 Å². The summed E-state index contributed by atoms with van der Waals surface area (Å²) in [4.78, 5) is 1.03. The second-order valence-corrected chi connectivity index (χ2v) is 5.76. The van der Waals surface area contributed by atoms with Crippen LogP contribution in [0.25, 0.3) is 0 Å². The normalized spacial score (nSPS) is 16.5. The smallest absolute Gasteiger partial charge is 0.124 e. The van der Waals surface area contributed by atoms with Gasteiger partial charge in [-0.3, -0.25) is 0 Å². The number of hydrogen-bond acceptors (Lipinski definition) is 2. The van der Waals surface area contributed by atoms with Gasteiger partial charge in [0.15, 0.2) is 0 Å². The van der Waals surface area contributed by atoms with Gasteiger partial charge in [-0.2, -0.15) is 0 Å². The van der Waals surface area contributed by atoms with Gasteiger partial charge in [0.25, 0.3) is 0 Å². The summed E-state index contributed by atoms with van der Waals surface area (Å²) in [6.45, 7) is 1.09. The van der Waals surface area contributed by atoms with Crippen molar-refractivity contribution in [2.75, 3.05) is 12.3 Å². The van der Waals surface area contributed by atoms with Gasteiger partial charge in [0.2, 0.25) is 0 Å². The van der Waals surface area contributed by atoms with E-state index in [1.165, 1.54) is 31.7 Å². The predicted molar refractivity (Wildman–Crippen MR) is 72.0 cm³/mol. The zero-order valence-electron chi connectivity index (χ0n) is 10.1. The molecule has 0 aliphatic heterocycles. The summed E-state index contributed by atoms with van der Waals surface area (Å²) < 4.78 is 12.9. The van der Waals surface area contributed by atoms with Gasteiger partial charge in [-0.1, -0.05) is 18.9 Å². The molecule has 94 valence electrons. The van der Waals surface area contributed by atoms with Crippen LogP contribution >= 0.6 is 11.8 Å². The first-order chi connectivity index (χ1) is 8.34. The van der Waals surface area contributed by atoms with E-state index in [9.17, 15) is 4.39 Å². The molecule has 2 rings (SSSR count). The van der Waals surface area contributed by atoms with Gasteiger partial charge in [0, 0.05) is 10.9 Å². The third-order valence-electron chi connectivity index (χ3n) is 3.17. The molecule has 1 aliphatic carbocycles. The van der Waals surface area contributed by atoms with E-state index in [0.717, 1.165) is 29.7 Å². The molecule has 0 radical (unpaired) electrons. The number of halogens is 1. The molecule has 0 aromatic heterocycles. The van der Waals surface area contributed by atoms with E-state index in [2.05, 4.69) is 5.32 Å². The topological polar surface area (TPSA) is 12.0 Å². The van der Waals surface area contributed by atoms with E-state index in [1.54, 1.807) is 23.9 Å². The van der Waals surface area contributed by atoms with E-state index in [-0.39, 0.29) is 5.82 Å². The van der Waals surface area contributed by atoms with Crippen LogP contribution in [0.3, 0.4) is 0 Å². The van der Waals surface area contributed by atoms with E-state index in [0.29, 0.717) is 0 Å². The summed E-state index contributed by atoms with van der Waals surface area (Å²) in [5, 5.41) is 3.59. The average Bonchev–Trinajstić information content (AvgIpc) is 2.82. The lowest BCUT2D eigenvalue weighted by Gasteiger charge is -2.11. The van der Waals surface area contributed by atoms with Crippen LogP contribution in [0.4, 0.5) is 4.39 Å². The van der Waals surface area contributed by atoms with Crippen LogP contribution < -0.4 is 5.32 Å². The van der Waals surface area contributed by atoms with Crippen LogP contribution in [0.1, 0.15) is 32.1 Å². The molecular weight excluding hydrogens is 233 g/mol. The molecule has 1 N–H and O–H groups in total. The van der Waals surface area contributed by atoms with Crippen molar-refractivity contribution in [3.05, 3.63) is 30.1 Å². The van der Waals surface area contributed by atoms with Crippen molar-refractivity contribution < 1.29 is 4.39 Å². The van der Waals surface area contributed by atoms with Crippen molar-refractivity contribution in [3.8, 4) is 0 Å². The number of hydrogen-bond donors (Lipinski definition) is 1. The number of nitrogens with one attached hydrogen (secondary N) is 1. The first-order valence-electron chi connectivity index (χ1n) is 6.46. The zero-order chi connectivity index (χ0) is 11.9. The minimum Gasteiger partial charge on any atom is -0.314 e. The fourth-order valence-corrected chi connectivity index (χ4v) is 3.15. The van der Waals surface area contributed by atoms with Crippen molar-refractivity contribution in [2.24, 2.45) is 0 Å². The zero-order valence-corrected chi connectivity index (χ0v) is 10.9. The van der Waals surface area contributed by atoms with Crippen molar-refractivity contribution in [1.29, 1.82) is 0 Å². The third kappa shape index (κ3) is 4.68. The van der Waals surface area contributed by atoms with Gasteiger partial charge in [-0.15, -0.1) is 11.8 Å². The van der Waals surface area contributed by atoms with Gasteiger partial charge in [0.1, 0.15) is 5.82 Å². The summed E-state index contributed by atoms with van der Waals surface area (Å²) in [5.74, 6) is 0.919. The van der Waals surface area contributed by atoms with E-state index < -0.39 is 0 Å². The molecule has 1 aliphatic rings. The number of benzene rings is 1. The highest BCUT2D eigenvalue weighted by atomic mass is 32.2. The first kappa shape index (κ1) is 12.9. The molecule has 1 aromatic rings. The summed E-state index contributed by atoms with van der Waals surface area (Å²) in [5.41, 5.74) is 0. The Hall–Kier alpha value is -0.540. The van der Waals surface area contributed by atoms with Crippen LogP contribution in [0.5, 0.6) is 0 Å². The Morgan fingerprint density at radius 2 is 2.12 bits per heavy atom. The molecule has 17 heavy (non-hydrogen) atoms. The lowest BCUT2D eigenvalue weighted by molar-refractivity contribution is 0.525. The highest BCUT2D eigenvalue weighted by Crippen LogP contribution is 2.20. The molecule has 0 atom stereocenters. The fraction of sp³-hybridized carbons (Fsp3) is 0.571. The molecule has 1 aromatic carbocycles. The fourth-order valence-electron chi connectivity index (χ4n) is 2.26. The third-order valence-corrected chi connectivity index (χ3v) is 4.25. The molecule has 1 fully saturated rings. The molecule has 0 bridgehead atoms. The number of thioether (sulfide) groups is 1. The molecule has 0 amide bonds. The lowest BCUT2D eigenvalue weighted by Crippen LogP contribution is -2.27. The van der Waals surface area contributed by atoms with E-state index in [4.69, 9.17) is 0 Å². The van der Waals surface area contributed by atoms with Crippen molar-refractivity contribution in [2.45, 2.75) is 43.0 Å². The summed E-state index contributed by atoms with van der Waals surface area (Å²) in [7, 11) is 0. The van der Waals surface area contributed by atoms with Crippen LogP contribution in [-0.4, -0.2) is 18.3 Å². The molecule has 3 heteroatoms. The predicted octanol–water partition coefficient (Wildman–Crippen LogP) is 3.84. The molecule has 1 saturated carbocycles. The molecule has 1 nitrogen and oxygen atoms in total. The summed E-state index contributed by atoms with van der Waals surface area (Å²) in [6, 6.07) is 7.60. The van der Waals surface area contributed by atoms with E-state index in [1.807, 2.05) is 6.07 Å². The molecule has 0 unspecified atom stereocenters. The second kappa shape index (κ2) is 7.02. The Kier molecular flexibility index (Phi) is 5.33. The molecule has 0 heterocycles. The van der Waals surface area contributed by atoms with Crippen LogP contribution in [-0.2, 0) is 0 Å². The van der Waals surface area contributed by atoms with Crippen LogP contribution in [0.2, 0.25) is 0 Å². The lowest BCUT2D eigenvalue weighted by atomic mass is 10.2. The van der Waals surface area contributed by atoms with Gasteiger partial charge in [0.05, 0.1) is 0 Å². The maximum atomic E-state index is 12.9. The summed E-state index contributed by atoms with van der Waals surface area (Å²) in [6.07, 6.45) is 6.61. The van der Waals surface area contributed by atoms with Crippen molar-refractivity contribution in [3.63, 3.8) is 0 Å². The highest BCUT2D eigenvalue weighted by molar-refractivity contribution is 7.99. The minimum absolute atomic E-state index is 0.140. The van der Waals surface area contributed by atoms with Gasteiger partial charge in [-0.05, 0) is 49.8 Å². The monoisotopic (exact) mass is 253 g/mol. The molecular formula is C14H20FNS. The van der Waals surface area contributed by atoms with E-state index >= 15 is 0 Å². The summed E-state index contributed by atoms with van der Waals surface area (Å²) >= 11 is 1.74. The molecule has 0 spiro atoms. The Labute approximate surface area is 107 Å². The molecule has 0 saturated heterocycles. The Balaban J connectivity index is 1.56. The maximum absolute atomic E-state index is 12.9. The Morgan fingerprint density at radius 1 is 1.29 bits per heavy atom. The van der Waals surface area contributed by atoms with Gasteiger partial charge in [-0.25, -0.2) is 4.39 Å². The van der Waals surface area contributed by atoms with Crippen molar-refractivity contribution >= 4 is 11.8 Å². The van der Waals surface area contributed by atoms with Crippen LogP contribution in [0.15, 0.2) is 29.2 Å². The Bertz CT molecular complexity index is 337. The Morgan fingerprint density at radius 3 is 2.88 bits per heavy atom. The maximum Gasteiger partial charge on any atom is 0.124 e. The average molecular weight is 253 g/mol. The quantitative estimate of drug-likeness (QED) is 0.610. The largest absolute Gasteiger partial charge is 0.314 e. The van der Waals surface area contributed by atoms with Gasteiger partial charge < -0.3 is 5.32 Å². The van der Waals surface area contributed by atoms with Crippen LogP contribution in [0, 0.1) is 5.82 Å². The SMILES string of the molecule is Fc1cccc(SCCCNC2CCCC2)c1. The number of rotatable bonds is 6. The second-order valence-electron chi connectivity index (χ2n) is 4.59. The first-order valence-corrected chi connectivity index (χ1v) is 7.45. The van der Waals surface area contributed by atoms with Gasteiger partial charge >= 0.3 is 0 Å².